The first kappa shape index (κ1) is 59.4. The molecule has 1 radical (unpaired) electrons. The van der Waals surface area contributed by atoms with Crippen LogP contribution in [0.4, 0.5) is 16.2 Å². The van der Waals surface area contributed by atoms with Gasteiger partial charge in [-0.05, 0) is 44.8 Å². The Balaban J connectivity index is 0.000000129. The topological polar surface area (TPSA) is 384 Å². The fraction of sp³-hybridized carbons (Fsp3) is 0.0290. The van der Waals surface area contributed by atoms with Crippen LogP contribution < -0.4 is 42.7 Å². The summed E-state index contributed by atoms with van der Waals surface area (Å²) in [7, 11) is 0. The van der Waals surface area contributed by atoms with Gasteiger partial charge in [-0.15, -0.1) is 0 Å². The molecule has 0 atom stereocenters. The zero-order valence-corrected chi connectivity index (χ0v) is 49.6. The summed E-state index contributed by atoms with van der Waals surface area (Å²) in [6.07, 6.45) is 0. The number of hydrogen-bond donors (Lipinski definition) is 6. The molecule has 8 bridgehead atoms. The van der Waals surface area contributed by atoms with Crippen molar-refractivity contribution in [3.05, 3.63) is 227 Å². The summed E-state index contributed by atoms with van der Waals surface area (Å²) in [5.41, 5.74) is 20.7. The number of benzene rings is 8. The molecule has 6 amide bonds. The van der Waals surface area contributed by atoms with Gasteiger partial charge in [0.05, 0.1) is 34.4 Å². The summed E-state index contributed by atoms with van der Waals surface area (Å²) >= 11 is 0. The quantitative estimate of drug-likeness (QED) is 0.0432. The van der Waals surface area contributed by atoms with Crippen molar-refractivity contribution in [3.8, 4) is 56.7 Å². The third-order valence-electron chi connectivity index (χ3n) is 16.1. The molecular formula is C69H40CuN16O9. The molecule has 25 nitrogen and oxygen atoms in total. The molecule has 6 aliphatic rings. The number of amides is 6. The Hall–Kier alpha value is -13.2. The maximum absolute atomic E-state index is 13.6. The van der Waals surface area contributed by atoms with Crippen LogP contribution in [-0.2, 0) is 36.2 Å². The first-order valence-electron chi connectivity index (χ1n) is 28.8. The van der Waals surface area contributed by atoms with E-state index < -0.39 is 41.7 Å². The van der Waals surface area contributed by atoms with Crippen molar-refractivity contribution in [1.29, 1.82) is 0 Å². The molecule has 11 aromatic rings. The van der Waals surface area contributed by atoms with E-state index in [-0.39, 0.29) is 102 Å². The van der Waals surface area contributed by atoms with Crippen LogP contribution in [0, 0.1) is 0 Å². The number of carbonyl (C=O) groups is 9. The Morgan fingerprint density at radius 2 is 0.589 bits per heavy atom. The maximum Gasteiger partial charge on any atom is 2.00 e. The van der Waals surface area contributed by atoms with Crippen molar-refractivity contribution < 1.29 is 60.2 Å². The smallest absolute Gasteiger partial charge is 0.398 e. The Morgan fingerprint density at radius 3 is 0.895 bits per heavy atom. The van der Waals surface area contributed by atoms with Crippen molar-refractivity contribution in [2.45, 2.75) is 12.1 Å². The standard InChI is InChI=1S/C32H16N8.C28H16N2O4.C9H8N6O5.Cu/c1-2-10-18-17(9-1)25-33-26(18)38-28-21-13-5-6-14-22(21)30(35-28)40-32-24-16-8-7-15-23(24)31(36-32)39-29-20-12-4-3-11-19(20)27(34-29)37-25;29-19-11-9-13(21-23(19)27(33)17-7-3-1-5-15(17)25(21)31)14-10-12-20(30)24-22(14)26(32)16-6-2-4-8-18(16)28(24)34;1-2-10-5(16)3(6(17)11-2)14-15-4-7(18)12-9(20)13-8(4)19;/h1-16H;1-12H,29-30H2;3-4H,1H2,(H,10,16)(H,11,17)(H2,12,13,18,19,20);/q-2;;;+2. The second kappa shape index (κ2) is 23.2. The van der Waals surface area contributed by atoms with Crippen LogP contribution in [0.15, 0.2) is 192 Å². The third kappa shape index (κ3) is 10.0. The zero-order valence-electron chi connectivity index (χ0n) is 48.6. The summed E-state index contributed by atoms with van der Waals surface area (Å²) in [6.45, 7) is 3.33. The van der Waals surface area contributed by atoms with E-state index in [0.717, 1.165) is 43.8 Å². The number of azo groups is 1. The normalized spacial score (nSPS) is 14.5. The first-order valence-corrected chi connectivity index (χ1v) is 28.8. The summed E-state index contributed by atoms with van der Waals surface area (Å²) < 4.78 is 0. The minimum absolute atomic E-state index is 0. The molecule has 461 valence electrons. The molecule has 17 rings (SSSR count). The van der Waals surface area contributed by atoms with Gasteiger partial charge in [0.2, 0.25) is 12.1 Å². The number of rotatable bonds is 3. The number of nitrogen functional groups attached to an aromatic ring is 2. The van der Waals surface area contributed by atoms with E-state index in [0.29, 0.717) is 57.0 Å². The SMILES string of the molecule is C=C1NC(=O)C(N=NC2C(=O)NC(=O)NC2=O)C(=O)N1.Nc1ccc(-c2ccc(N)c3c2C(=O)c2ccccc2C3=O)c2c1C(=O)c1ccccc1C2=O.[Cu+2].c1ccc2c(c1)-c1nc-2nc2[n-]c(nc3nc(nc4[n-]c(n1)c1ccccc41)-c1ccccc1-3)c1ccccc21. The fourth-order valence-electron chi connectivity index (χ4n) is 11.8. The summed E-state index contributed by atoms with van der Waals surface area (Å²) in [5.74, 6) is -2.84. The molecule has 95 heavy (non-hydrogen) atoms. The van der Waals surface area contributed by atoms with Gasteiger partial charge >= 0.3 is 23.1 Å². The van der Waals surface area contributed by atoms with Crippen LogP contribution in [-0.4, -0.2) is 94.8 Å². The Morgan fingerprint density at radius 1 is 0.326 bits per heavy atom. The van der Waals surface area contributed by atoms with Gasteiger partial charge in [0.25, 0.3) is 23.6 Å². The molecule has 4 aliphatic heterocycles. The molecule has 0 unspecified atom stereocenters. The molecule has 0 spiro atoms. The molecule has 8 N–H and O–H groups in total. The van der Waals surface area contributed by atoms with Gasteiger partial charge in [0.1, 0.15) is 5.82 Å². The number of nitrogens with one attached hydrogen (secondary N) is 4. The molecule has 2 fully saturated rings. The monoisotopic (exact) mass is 1300 g/mol. The van der Waals surface area contributed by atoms with E-state index in [1.54, 1.807) is 83.4 Å². The molecule has 26 heteroatoms. The molecule has 2 aliphatic carbocycles. The van der Waals surface area contributed by atoms with E-state index in [1.165, 1.54) is 0 Å². The maximum atomic E-state index is 13.6. The van der Waals surface area contributed by atoms with Gasteiger partial charge in [0.15, 0.2) is 23.1 Å². The van der Waals surface area contributed by atoms with Gasteiger partial charge < -0.3 is 52.0 Å². The number of carbonyl (C=O) groups excluding carboxylic acids is 9. The van der Waals surface area contributed by atoms with E-state index in [1.807, 2.05) is 97.1 Å². The van der Waals surface area contributed by atoms with E-state index in [2.05, 4.69) is 27.4 Å². The average Bonchev–Trinajstić information content (AvgIpc) is 1.69. The van der Waals surface area contributed by atoms with Crippen LogP contribution >= 0.6 is 0 Å². The molecular weight excluding hydrogens is 1260 g/mol. The number of urea groups is 1. The number of barbiturate groups is 1. The summed E-state index contributed by atoms with van der Waals surface area (Å²) in [6, 6.07) is 47.1. The van der Waals surface area contributed by atoms with Crippen molar-refractivity contribution in [2.75, 3.05) is 11.5 Å². The van der Waals surface area contributed by atoms with Crippen LogP contribution in [0.2, 0.25) is 0 Å². The zero-order chi connectivity index (χ0) is 64.8. The van der Waals surface area contributed by atoms with Gasteiger partial charge in [-0.1, -0.05) is 164 Å². The third-order valence-corrected chi connectivity index (χ3v) is 16.1. The minimum Gasteiger partial charge on any atom is -0.398 e. The summed E-state index contributed by atoms with van der Waals surface area (Å²) in [4.78, 5) is 149. The van der Waals surface area contributed by atoms with Gasteiger partial charge in [-0.2, -0.15) is 10.2 Å². The van der Waals surface area contributed by atoms with E-state index in [4.69, 9.17) is 51.3 Å². The van der Waals surface area contributed by atoms with Gasteiger partial charge in [-0.25, -0.2) is 14.8 Å². The van der Waals surface area contributed by atoms with Crippen LogP contribution in [0.25, 0.3) is 101 Å². The number of imide groups is 2. The van der Waals surface area contributed by atoms with Crippen molar-refractivity contribution in [2.24, 2.45) is 10.2 Å². The first-order chi connectivity index (χ1) is 45.6. The van der Waals surface area contributed by atoms with Crippen LogP contribution in [0.1, 0.15) is 63.7 Å². The number of fused-ring (bicyclic) bond motifs is 24. The van der Waals surface area contributed by atoms with Crippen LogP contribution in [0.3, 0.4) is 0 Å². The van der Waals surface area contributed by atoms with Crippen molar-refractivity contribution >= 4 is 108 Å². The minimum atomic E-state index is -1.64. The van der Waals surface area contributed by atoms with Crippen molar-refractivity contribution in [3.63, 3.8) is 0 Å². The molecule has 3 aromatic heterocycles. The molecule has 2 saturated heterocycles. The average molecular weight is 1300 g/mol. The van der Waals surface area contributed by atoms with Gasteiger partial charge in [0, 0.05) is 89.6 Å². The Kier molecular flexibility index (Phi) is 14.5. The van der Waals surface area contributed by atoms with Gasteiger partial charge in [-0.3, -0.25) is 49.0 Å². The molecule has 0 saturated carbocycles. The number of nitrogens with zero attached hydrogens (tertiary/aromatic N) is 10. The number of aromatic nitrogens is 8. The van der Waals surface area contributed by atoms with Crippen LogP contribution in [0.5, 0.6) is 0 Å². The predicted molar refractivity (Wildman–Crippen MR) is 341 cm³/mol. The fourth-order valence-corrected chi connectivity index (χ4v) is 11.8. The number of hydrogen-bond acceptors (Lipinski definition) is 19. The van der Waals surface area contributed by atoms with E-state index >= 15 is 0 Å². The summed E-state index contributed by atoms with van der Waals surface area (Å²) in [5, 5.41) is 18.3. The largest absolute Gasteiger partial charge is 2.00 e. The number of nitrogens with two attached hydrogens (primary N) is 2. The van der Waals surface area contributed by atoms with Crippen molar-refractivity contribution in [1.82, 2.24) is 61.1 Å². The Bertz CT molecular complexity index is 5050. The van der Waals surface area contributed by atoms with E-state index in [9.17, 15) is 43.2 Å². The number of anilines is 2. The Labute approximate surface area is 544 Å². The second-order valence-corrected chi connectivity index (χ2v) is 21.8. The number of ketones is 4. The molecule has 7 heterocycles. The second-order valence-electron chi connectivity index (χ2n) is 21.8. The molecule has 8 aromatic carbocycles. The predicted octanol–water partition coefficient (Wildman–Crippen LogP) is 7.45.